The molecular formula is C20H21NO3S2. The SMILES string of the molecule is CCCCCSc1oc(-c2ccccc2)nc1S(=O)(=O)c1ccccc1. The number of unbranched alkanes of at least 4 members (excludes halogenated alkanes) is 2. The van der Waals surface area contributed by atoms with Crippen LogP contribution in [0.3, 0.4) is 0 Å². The van der Waals surface area contributed by atoms with E-state index in [-0.39, 0.29) is 9.92 Å². The summed E-state index contributed by atoms with van der Waals surface area (Å²) in [6, 6.07) is 17.7. The number of nitrogens with zero attached hydrogens (tertiary/aromatic N) is 1. The topological polar surface area (TPSA) is 60.2 Å². The molecule has 0 atom stereocenters. The van der Waals surface area contributed by atoms with E-state index in [0.717, 1.165) is 30.6 Å². The Morgan fingerprint density at radius 2 is 1.62 bits per heavy atom. The van der Waals surface area contributed by atoms with Crippen LogP contribution in [-0.2, 0) is 9.84 Å². The molecule has 0 aliphatic rings. The van der Waals surface area contributed by atoms with E-state index in [2.05, 4.69) is 11.9 Å². The van der Waals surface area contributed by atoms with Crippen molar-refractivity contribution in [3.63, 3.8) is 0 Å². The summed E-state index contributed by atoms with van der Waals surface area (Å²) in [4.78, 5) is 4.58. The summed E-state index contributed by atoms with van der Waals surface area (Å²) in [5.74, 6) is 1.13. The van der Waals surface area contributed by atoms with Crippen LogP contribution >= 0.6 is 11.8 Å². The van der Waals surface area contributed by atoms with Crippen molar-refractivity contribution in [2.45, 2.75) is 41.2 Å². The van der Waals surface area contributed by atoms with Crippen molar-refractivity contribution >= 4 is 21.6 Å². The Bertz CT molecular complexity index is 936. The minimum Gasteiger partial charge on any atom is -0.428 e. The van der Waals surface area contributed by atoms with Gasteiger partial charge in [-0.25, -0.2) is 8.42 Å². The number of thioether (sulfide) groups is 1. The van der Waals surface area contributed by atoms with Gasteiger partial charge in [-0.2, -0.15) is 4.98 Å². The van der Waals surface area contributed by atoms with Crippen LogP contribution in [-0.4, -0.2) is 19.2 Å². The van der Waals surface area contributed by atoms with E-state index in [1.807, 2.05) is 30.3 Å². The number of rotatable bonds is 8. The third-order valence-electron chi connectivity index (χ3n) is 3.88. The molecule has 0 fully saturated rings. The lowest BCUT2D eigenvalue weighted by Gasteiger charge is -2.03. The molecular weight excluding hydrogens is 366 g/mol. The normalized spacial score (nSPS) is 11.6. The summed E-state index contributed by atoms with van der Waals surface area (Å²) in [6.45, 7) is 2.14. The van der Waals surface area contributed by atoms with Crippen molar-refractivity contribution < 1.29 is 12.8 Å². The van der Waals surface area contributed by atoms with Crippen molar-refractivity contribution in [2.24, 2.45) is 0 Å². The summed E-state index contributed by atoms with van der Waals surface area (Å²) in [5.41, 5.74) is 0.761. The van der Waals surface area contributed by atoms with E-state index < -0.39 is 9.84 Å². The van der Waals surface area contributed by atoms with Crippen molar-refractivity contribution in [3.05, 3.63) is 60.7 Å². The van der Waals surface area contributed by atoms with Gasteiger partial charge in [-0.1, -0.05) is 67.9 Å². The van der Waals surface area contributed by atoms with Crippen LogP contribution in [0.15, 0.2) is 80.1 Å². The maximum absolute atomic E-state index is 13.1. The molecule has 1 aromatic heterocycles. The van der Waals surface area contributed by atoms with Crippen LogP contribution in [0.4, 0.5) is 0 Å². The summed E-state index contributed by atoms with van der Waals surface area (Å²) < 4.78 is 32.0. The van der Waals surface area contributed by atoms with Gasteiger partial charge < -0.3 is 4.42 Å². The van der Waals surface area contributed by atoms with Gasteiger partial charge in [0.15, 0.2) is 0 Å². The zero-order valence-electron chi connectivity index (χ0n) is 14.6. The molecule has 6 heteroatoms. The van der Waals surface area contributed by atoms with E-state index in [1.54, 1.807) is 30.3 Å². The average molecular weight is 388 g/mol. The van der Waals surface area contributed by atoms with Crippen molar-refractivity contribution in [3.8, 4) is 11.5 Å². The third-order valence-corrected chi connectivity index (χ3v) is 6.72. The lowest BCUT2D eigenvalue weighted by molar-refractivity contribution is 0.470. The van der Waals surface area contributed by atoms with Crippen LogP contribution in [0.25, 0.3) is 11.5 Å². The Morgan fingerprint density at radius 1 is 0.962 bits per heavy atom. The van der Waals surface area contributed by atoms with Crippen LogP contribution in [0.2, 0.25) is 0 Å². The smallest absolute Gasteiger partial charge is 0.228 e. The highest BCUT2D eigenvalue weighted by molar-refractivity contribution is 8.00. The molecule has 0 saturated carbocycles. The zero-order chi connectivity index (χ0) is 18.4. The standard InChI is InChI=1S/C20H21NO3S2/c1-2-3-10-15-25-20-19(26(22,23)17-13-8-5-9-14-17)21-18(24-20)16-11-6-4-7-12-16/h4-9,11-14H,2-3,10,15H2,1H3. The second kappa shape index (κ2) is 8.56. The number of sulfone groups is 1. The highest BCUT2D eigenvalue weighted by Gasteiger charge is 2.28. The van der Waals surface area contributed by atoms with Crippen LogP contribution in [0.5, 0.6) is 0 Å². The predicted octanol–water partition coefficient (Wildman–Crippen LogP) is 5.46. The molecule has 0 spiro atoms. The molecule has 136 valence electrons. The number of hydrogen-bond donors (Lipinski definition) is 0. The fraction of sp³-hybridized carbons (Fsp3) is 0.250. The highest BCUT2D eigenvalue weighted by Crippen LogP contribution is 2.35. The Labute approximate surface area is 158 Å². The van der Waals surface area contributed by atoms with E-state index in [4.69, 9.17) is 4.42 Å². The first-order valence-corrected chi connectivity index (χ1v) is 11.1. The summed E-state index contributed by atoms with van der Waals surface area (Å²) in [5, 5.41) is 0.368. The van der Waals surface area contributed by atoms with Gasteiger partial charge in [0.2, 0.25) is 25.8 Å². The highest BCUT2D eigenvalue weighted by atomic mass is 32.2. The molecule has 0 bridgehead atoms. The molecule has 26 heavy (non-hydrogen) atoms. The minimum absolute atomic E-state index is 0.00375. The molecule has 3 aromatic rings. The fourth-order valence-corrected chi connectivity index (χ4v) is 5.04. The predicted molar refractivity (Wildman–Crippen MR) is 104 cm³/mol. The van der Waals surface area contributed by atoms with Crippen LogP contribution < -0.4 is 0 Å². The molecule has 0 radical (unpaired) electrons. The Hall–Kier alpha value is -2.05. The molecule has 0 aliphatic carbocycles. The van der Waals surface area contributed by atoms with Gasteiger partial charge in [0.05, 0.1) is 4.90 Å². The first-order chi connectivity index (χ1) is 12.6. The third kappa shape index (κ3) is 4.19. The van der Waals surface area contributed by atoms with E-state index in [0.29, 0.717) is 11.0 Å². The first kappa shape index (κ1) is 18.7. The molecule has 0 N–H and O–H groups in total. The molecule has 3 rings (SSSR count). The number of hydrogen-bond acceptors (Lipinski definition) is 5. The molecule has 1 heterocycles. The molecule has 0 saturated heterocycles. The average Bonchev–Trinajstić information content (AvgIpc) is 3.12. The van der Waals surface area contributed by atoms with Crippen molar-refractivity contribution in [1.82, 2.24) is 4.98 Å². The van der Waals surface area contributed by atoms with Crippen molar-refractivity contribution in [1.29, 1.82) is 0 Å². The molecule has 0 aliphatic heterocycles. The van der Waals surface area contributed by atoms with Gasteiger partial charge >= 0.3 is 0 Å². The lowest BCUT2D eigenvalue weighted by atomic mass is 10.2. The summed E-state index contributed by atoms with van der Waals surface area (Å²) in [6.07, 6.45) is 3.22. The quantitative estimate of drug-likeness (QED) is 0.379. The van der Waals surface area contributed by atoms with E-state index >= 15 is 0 Å². The van der Waals surface area contributed by atoms with Gasteiger partial charge in [-0.15, -0.1) is 0 Å². The van der Waals surface area contributed by atoms with Crippen LogP contribution in [0, 0.1) is 0 Å². The maximum atomic E-state index is 13.1. The van der Waals surface area contributed by atoms with Gasteiger partial charge in [-0.05, 0) is 30.7 Å². The van der Waals surface area contributed by atoms with E-state index in [9.17, 15) is 8.42 Å². The van der Waals surface area contributed by atoms with Gasteiger partial charge in [0.25, 0.3) is 0 Å². The van der Waals surface area contributed by atoms with Gasteiger partial charge in [0.1, 0.15) is 0 Å². The second-order valence-electron chi connectivity index (χ2n) is 5.85. The Kier molecular flexibility index (Phi) is 6.16. The lowest BCUT2D eigenvalue weighted by Crippen LogP contribution is -2.03. The number of aromatic nitrogens is 1. The number of benzene rings is 2. The van der Waals surface area contributed by atoms with Gasteiger partial charge in [0, 0.05) is 11.3 Å². The minimum atomic E-state index is -3.73. The zero-order valence-corrected chi connectivity index (χ0v) is 16.2. The monoisotopic (exact) mass is 387 g/mol. The number of oxazole rings is 1. The Balaban J connectivity index is 2.00. The van der Waals surface area contributed by atoms with Crippen molar-refractivity contribution in [2.75, 3.05) is 5.75 Å². The first-order valence-electron chi connectivity index (χ1n) is 8.62. The van der Waals surface area contributed by atoms with Crippen LogP contribution in [0.1, 0.15) is 26.2 Å². The van der Waals surface area contributed by atoms with Gasteiger partial charge in [-0.3, -0.25) is 0 Å². The summed E-state index contributed by atoms with van der Waals surface area (Å²) in [7, 11) is -3.73. The largest absolute Gasteiger partial charge is 0.428 e. The molecule has 0 unspecified atom stereocenters. The maximum Gasteiger partial charge on any atom is 0.228 e. The second-order valence-corrected chi connectivity index (χ2v) is 8.78. The molecule has 0 amide bonds. The fourth-order valence-electron chi connectivity index (χ4n) is 2.49. The summed E-state index contributed by atoms with van der Waals surface area (Å²) >= 11 is 1.42. The molecule has 4 nitrogen and oxygen atoms in total. The molecule has 2 aromatic carbocycles. The van der Waals surface area contributed by atoms with E-state index in [1.165, 1.54) is 11.8 Å². The Morgan fingerprint density at radius 3 is 2.27 bits per heavy atom.